The SMILES string of the molecule is O=C(c1ccc(Br)cc1)c1oc2ccccc2c1NC(=O)c1sc2cccc(Cl)c2c1Cl. The van der Waals surface area contributed by atoms with Gasteiger partial charge in [-0.05, 0) is 48.5 Å². The molecule has 158 valence electrons. The molecule has 0 saturated carbocycles. The van der Waals surface area contributed by atoms with E-state index < -0.39 is 5.91 Å². The normalized spacial score (nSPS) is 11.2. The average Bonchev–Trinajstić information content (AvgIpc) is 3.33. The van der Waals surface area contributed by atoms with Crippen LogP contribution >= 0.6 is 50.5 Å². The maximum absolute atomic E-state index is 13.2. The highest BCUT2D eigenvalue weighted by Crippen LogP contribution is 2.40. The van der Waals surface area contributed by atoms with Crippen LogP contribution in [0.1, 0.15) is 25.8 Å². The predicted octanol–water partition coefficient (Wildman–Crippen LogP) is 8.20. The van der Waals surface area contributed by atoms with Crippen LogP contribution in [0.3, 0.4) is 0 Å². The number of anilines is 1. The fraction of sp³-hybridized carbons (Fsp3) is 0. The number of nitrogens with one attached hydrogen (secondary N) is 1. The number of thiophene rings is 1. The van der Waals surface area contributed by atoms with Crippen LogP contribution in [-0.2, 0) is 0 Å². The first-order chi connectivity index (χ1) is 15.4. The Hall–Kier alpha value is -2.64. The standard InChI is InChI=1S/C24H12BrCl2NO3S/c25-13-10-8-12(9-11-13)21(29)22-20(14-4-1-2-6-16(14)31-22)28-24(30)23-19(27)18-15(26)5-3-7-17(18)32-23/h1-11H,(H,28,30). The van der Waals surface area contributed by atoms with Gasteiger partial charge in [0.15, 0.2) is 5.76 Å². The third-order valence-corrected chi connectivity index (χ3v) is 7.45. The number of carbonyl (C=O) groups is 2. The highest BCUT2D eigenvalue weighted by Gasteiger charge is 2.26. The fourth-order valence-corrected chi connectivity index (χ4v) is 5.56. The van der Waals surface area contributed by atoms with Gasteiger partial charge < -0.3 is 9.73 Å². The van der Waals surface area contributed by atoms with Crippen molar-refractivity contribution in [2.24, 2.45) is 0 Å². The van der Waals surface area contributed by atoms with Crippen molar-refractivity contribution in [1.29, 1.82) is 0 Å². The first-order valence-electron chi connectivity index (χ1n) is 9.43. The van der Waals surface area contributed by atoms with Crippen LogP contribution in [-0.4, -0.2) is 11.7 Å². The van der Waals surface area contributed by atoms with Crippen LogP contribution in [0.2, 0.25) is 10.0 Å². The summed E-state index contributed by atoms with van der Waals surface area (Å²) in [4.78, 5) is 26.8. The highest BCUT2D eigenvalue weighted by atomic mass is 79.9. The van der Waals surface area contributed by atoms with Gasteiger partial charge >= 0.3 is 0 Å². The van der Waals surface area contributed by atoms with E-state index in [0.29, 0.717) is 37.5 Å². The van der Waals surface area contributed by atoms with E-state index in [4.69, 9.17) is 27.6 Å². The maximum atomic E-state index is 13.2. The second-order valence-electron chi connectivity index (χ2n) is 6.95. The topological polar surface area (TPSA) is 59.3 Å². The van der Waals surface area contributed by atoms with Crippen LogP contribution in [0.4, 0.5) is 5.69 Å². The van der Waals surface area contributed by atoms with Gasteiger partial charge in [0.2, 0.25) is 5.78 Å². The molecule has 0 bridgehead atoms. The Kier molecular flexibility index (Phi) is 5.55. The van der Waals surface area contributed by atoms with E-state index in [1.165, 1.54) is 11.3 Å². The van der Waals surface area contributed by atoms with Crippen LogP contribution in [0, 0.1) is 0 Å². The lowest BCUT2D eigenvalue weighted by Crippen LogP contribution is -2.13. The lowest BCUT2D eigenvalue weighted by Gasteiger charge is -2.06. The van der Waals surface area contributed by atoms with Gasteiger partial charge in [0.25, 0.3) is 5.91 Å². The molecule has 2 aromatic heterocycles. The zero-order chi connectivity index (χ0) is 22.4. The zero-order valence-electron chi connectivity index (χ0n) is 16.1. The van der Waals surface area contributed by atoms with Crippen molar-refractivity contribution in [1.82, 2.24) is 0 Å². The largest absolute Gasteiger partial charge is 0.450 e. The van der Waals surface area contributed by atoms with Crippen molar-refractivity contribution in [3.8, 4) is 0 Å². The number of hydrogen-bond donors (Lipinski definition) is 1. The van der Waals surface area contributed by atoms with Crippen molar-refractivity contribution >= 4 is 88.9 Å². The summed E-state index contributed by atoms with van der Waals surface area (Å²) in [5, 5.41) is 4.86. The van der Waals surface area contributed by atoms with Crippen molar-refractivity contribution in [3.63, 3.8) is 0 Å². The Bertz CT molecular complexity index is 1520. The Balaban J connectivity index is 1.60. The summed E-state index contributed by atoms with van der Waals surface area (Å²) in [5.41, 5.74) is 1.24. The van der Waals surface area contributed by atoms with E-state index in [9.17, 15) is 9.59 Å². The van der Waals surface area contributed by atoms with Gasteiger partial charge in [0.05, 0.1) is 15.7 Å². The number of ketones is 1. The van der Waals surface area contributed by atoms with Crippen LogP contribution in [0.25, 0.3) is 21.1 Å². The molecule has 1 amide bonds. The Morgan fingerprint density at radius 3 is 2.44 bits per heavy atom. The fourth-order valence-electron chi connectivity index (χ4n) is 3.45. The molecule has 4 nitrogen and oxygen atoms in total. The van der Waals surface area contributed by atoms with Crippen molar-refractivity contribution < 1.29 is 14.0 Å². The number of furan rings is 1. The molecule has 0 atom stereocenters. The number of para-hydroxylation sites is 1. The van der Waals surface area contributed by atoms with Crippen molar-refractivity contribution in [2.75, 3.05) is 5.32 Å². The molecule has 0 saturated heterocycles. The minimum absolute atomic E-state index is 0.0529. The summed E-state index contributed by atoms with van der Waals surface area (Å²) in [6, 6.07) is 19.5. The van der Waals surface area contributed by atoms with Crippen LogP contribution in [0.5, 0.6) is 0 Å². The molecule has 3 aromatic carbocycles. The number of benzene rings is 3. The summed E-state index contributed by atoms with van der Waals surface area (Å²) in [6.45, 7) is 0. The first-order valence-corrected chi connectivity index (χ1v) is 11.8. The Morgan fingerprint density at radius 2 is 1.69 bits per heavy atom. The van der Waals surface area contributed by atoms with Crippen LogP contribution in [0.15, 0.2) is 75.6 Å². The van der Waals surface area contributed by atoms with Gasteiger partial charge in [-0.15, -0.1) is 11.3 Å². The molecule has 5 aromatic rings. The second kappa shape index (κ2) is 8.37. The smallest absolute Gasteiger partial charge is 0.267 e. The zero-order valence-corrected chi connectivity index (χ0v) is 20.0. The minimum atomic E-state index is -0.441. The quantitative estimate of drug-likeness (QED) is 0.232. The average molecular weight is 545 g/mol. The first kappa shape index (κ1) is 21.2. The Labute approximate surface area is 204 Å². The molecule has 0 aliphatic carbocycles. The summed E-state index contributed by atoms with van der Waals surface area (Å²) in [7, 11) is 0. The van der Waals surface area contributed by atoms with Gasteiger partial charge in [-0.25, -0.2) is 0 Å². The van der Waals surface area contributed by atoms with Crippen molar-refractivity contribution in [2.45, 2.75) is 0 Å². The Morgan fingerprint density at radius 1 is 0.938 bits per heavy atom. The number of fused-ring (bicyclic) bond motifs is 2. The highest BCUT2D eigenvalue weighted by molar-refractivity contribution is 9.10. The summed E-state index contributed by atoms with van der Waals surface area (Å²) in [6.07, 6.45) is 0. The van der Waals surface area contributed by atoms with E-state index in [2.05, 4.69) is 21.2 Å². The third kappa shape index (κ3) is 3.63. The molecule has 0 spiro atoms. The van der Waals surface area contributed by atoms with Gasteiger partial charge in [0.1, 0.15) is 10.5 Å². The van der Waals surface area contributed by atoms with E-state index in [1.807, 2.05) is 12.1 Å². The summed E-state index contributed by atoms with van der Waals surface area (Å²) >= 11 is 17.4. The second-order valence-corrected chi connectivity index (χ2v) is 9.70. The number of hydrogen-bond acceptors (Lipinski definition) is 4. The molecule has 2 heterocycles. The molecule has 0 unspecified atom stereocenters. The molecule has 0 aliphatic rings. The molecule has 0 aliphatic heterocycles. The maximum Gasteiger partial charge on any atom is 0.267 e. The molecule has 5 rings (SSSR count). The van der Waals surface area contributed by atoms with E-state index in [0.717, 1.165) is 9.17 Å². The molecule has 1 N–H and O–H groups in total. The molecule has 0 fully saturated rings. The molecular weight excluding hydrogens is 533 g/mol. The lowest BCUT2D eigenvalue weighted by molar-refractivity contribution is 0.101. The van der Waals surface area contributed by atoms with Crippen LogP contribution < -0.4 is 5.32 Å². The number of halogens is 3. The van der Waals surface area contributed by atoms with Crippen molar-refractivity contribution in [3.05, 3.63) is 97.4 Å². The molecule has 8 heteroatoms. The lowest BCUT2D eigenvalue weighted by atomic mass is 10.1. The van der Waals surface area contributed by atoms with E-state index in [-0.39, 0.29) is 16.6 Å². The number of amides is 1. The number of rotatable bonds is 4. The minimum Gasteiger partial charge on any atom is -0.450 e. The van der Waals surface area contributed by atoms with Gasteiger partial charge in [-0.3, -0.25) is 9.59 Å². The third-order valence-electron chi connectivity index (χ3n) is 4.96. The summed E-state index contributed by atoms with van der Waals surface area (Å²) < 4.78 is 7.52. The molecular formula is C24H12BrCl2NO3S. The summed E-state index contributed by atoms with van der Waals surface area (Å²) in [5.74, 6) is -0.727. The molecule has 0 radical (unpaired) electrons. The van der Waals surface area contributed by atoms with Gasteiger partial charge in [-0.1, -0.05) is 57.3 Å². The number of carbonyl (C=O) groups excluding carboxylic acids is 2. The van der Waals surface area contributed by atoms with E-state index in [1.54, 1.807) is 54.6 Å². The molecule has 32 heavy (non-hydrogen) atoms. The van der Waals surface area contributed by atoms with Gasteiger partial charge in [-0.2, -0.15) is 0 Å². The van der Waals surface area contributed by atoms with E-state index >= 15 is 0 Å². The monoisotopic (exact) mass is 543 g/mol. The predicted molar refractivity (Wildman–Crippen MR) is 134 cm³/mol. The van der Waals surface area contributed by atoms with Gasteiger partial charge in [0, 0.05) is 25.5 Å².